The number of hydrogen-bond donors (Lipinski definition) is 2. The van der Waals surface area contributed by atoms with Crippen LogP contribution in [0.15, 0.2) is 66.7 Å². The van der Waals surface area contributed by atoms with E-state index in [1.54, 1.807) is 41.7 Å². The van der Waals surface area contributed by atoms with Crippen LogP contribution < -0.4 is 10.6 Å². The SMILES string of the molecule is CC(=O)Nc1cccc(C(=O)OCC(=O)Nc2ccc(-c3nc4ccc(C)cc4s3)cc2)c1. The van der Waals surface area contributed by atoms with Crippen LogP contribution in [0.5, 0.6) is 0 Å². The first kappa shape index (κ1) is 22.2. The summed E-state index contributed by atoms with van der Waals surface area (Å²) in [7, 11) is 0. The lowest BCUT2D eigenvalue weighted by molar-refractivity contribution is -0.119. The molecule has 0 saturated carbocycles. The zero-order valence-corrected chi connectivity index (χ0v) is 18.9. The molecule has 0 spiro atoms. The molecule has 0 aliphatic carbocycles. The lowest BCUT2D eigenvalue weighted by Gasteiger charge is -2.08. The Kier molecular flexibility index (Phi) is 6.46. The average Bonchev–Trinajstić information content (AvgIpc) is 3.21. The van der Waals surface area contributed by atoms with E-state index in [1.165, 1.54) is 18.6 Å². The lowest BCUT2D eigenvalue weighted by Crippen LogP contribution is -2.21. The summed E-state index contributed by atoms with van der Waals surface area (Å²) in [4.78, 5) is 40.2. The number of nitrogens with one attached hydrogen (secondary N) is 2. The van der Waals surface area contributed by atoms with Gasteiger partial charge in [0.2, 0.25) is 5.91 Å². The van der Waals surface area contributed by atoms with Crippen molar-refractivity contribution in [2.45, 2.75) is 13.8 Å². The van der Waals surface area contributed by atoms with E-state index in [9.17, 15) is 14.4 Å². The molecule has 0 fully saturated rings. The minimum absolute atomic E-state index is 0.240. The monoisotopic (exact) mass is 459 g/mol. The molecule has 3 aromatic carbocycles. The summed E-state index contributed by atoms with van der Waals surface area (Å²) in [6, 6.07) is 19.8. The van der Waals surface area contributed by atoms with Gasteiger partial charge in [-0.05, 0) is 67.1 Å². The number of thiazole rings is 1. The van der Waals surface area contributed by atoms with Crippen LogP contribution >= 0.6 is 11.3 Å². The zero-order chi connectivity index (χ0) is 23.4. The fourth-order valence-electron chi connectivity index (χ4n) is 3.19. The molecule has 0 unspecified atom stereocenters. The Morgan fingerprint density at radius 1 is 0.939 bits per heavy atom. The maximum atomic E-state index is 12.2. The van der Waals surface area contributed by atoms with Gasteiger partial charge in [-0.25, -0.2) is 9.78 Å². The fraction of sp³-hybridized carbons (Fsp3) is 0.120. The first-order valence-electron chi connectivity index (χ1n) is 10.2. The van der Waals surface area contributed by atoms with E-state index < -0.39 is 18.5 Å². The number of carbonyl (C=O) groups excluding carboxylic acids is 3. The number of esters is 1. The van der Waals surface area contributed by atoms with Gasteiger partial charge in [0, 0.05) is 23.9 Å². The van der Waals surface area contributed by atoms with Crippen LogP contribution in [0.4, 0.5) is 11.4 Å². The second-order valence-electron chi connectivity index (χ2n) is 7.45. The number of aryl methyl sites for hydroxylation is 1. The van der Waals surface area contributed by atoms with Crippen LogP contribution in [0.1, 0.15) is 22.8 Å². The van der Waals surface area contributed by atoms with Gasteiger partial charge in [0.15, 0.2) is 6.61 Å². The highest BCUT2D eigenvalue weighted by Crippen LogP contribution is 2.31. The van der Waals surface area contributed by atoms with Gasteiger partial charge in [-0.1, -0.05) is 12.1 Å². The van der Waals surface area contributed by atoms with Crippen molar-refractivity contribution >= 4 is 50.7 Å². The molecule has 0 radical (unpaired) electrons. The summed E-state index contributed by atoms with van der Waals surface area (Å²) in [5, 5.41) is 6.21. The molecule has 166 valence electrons. The standard InChI is InChI=1S/C25H21N3O4S/c1-15-6-11-21-22(12-15)33-24(28-21)17-7-9-19(10-8-17)27-23(30)14-32-25(31)18-4-3-5-20(13-18)26-16(2)29/h3-13H,14H2,1-2H3,(H,26,29)(H,27,30). The molecular weight excluding hydrogens is 438 g/mol. The lowest BCUT2D eigenvalue weighted by atomic mass is 10.2. The largest absolute Gasteiger partial charge is 0.452 e. The molecular formula is C25H21N3O4S. The highest BCUT2D eigenvalue weighted by atomic mass is 32.1. The molecule has 1 aromatic heterocycles. The van der Waals surface area contributed by atoms with Gasteiger partial charge in [0.05, 0.1) is 15.8 Å². The molecule has 7 nitrogen and oxygen atoms in total. The Balaban J connectivity index is 1.34. The molecule has 2 N–H and O–H groups in total. The predicted molar refractivity (Wildman–Crippen MR) is 129 cm³/mol. The Morgan fingerprint density at radius 3 is 2.48 bits per heavy atom. The molecule has 0 bridgehead atoms. The van der Waals surface area contributed by atoms with Gasteiger partial charge in [-0.15, -0.1) is 11.3 Å². The van der Waals surface area contributed by atoms with Gasteiger partial charge in [-0.2, -0.15) is 0 Å². The Bertz CT molecular complexity index is 1350. The molecule has 0 aliphatic rings. The molecule has 8 heteroatoms. The topological polar surface area (TPSA) is 97.4 Å². The van der Waals surface area contributed by atoms with E-state index in [1.807, 2.05) is 24.3 Å². The fourth-order valence-corrected chi connectivity index (χ4v) is 4.26. The number of ether oxygens (including phenoxy) is 1. The maximum Gasteiger partial charge on any atom is 0.338 e. The van der Waals surface area contributed by atoms with Crippen molar-refractivity contribution in [3.05, 3.63) is 77.9 Å². The van der Waals surface area contributed by atoms with Gasteiger partial charge in [0.1, 0.15) is 5.01 Å². The second-order valence-corrected chi connectivity index (χ2v) is 8.48. The van der Waals surface area contributed by atoms with Crippen molar-refractivity contribution in [1.82, 2.24) is 4.98 Å². The van der Waals surface area contributed by atoms with Crippen molar-refractivity contribution in [3.63, 3.8) is 0 Å². The van der Waals surface area contributed by atoms with E-state index >= 15 is 0 Å². The van der Waals surface area contributed by atoms with Crippen LogP contribution in [-0.4, -0.2) is 29.4 Å². The summed E-state index contributed by atoms with van der Waals surface area (Å²) in [5.41, 5.74) is 4.41. The zero-order valence-electron chi connectivity index (χ0n) is 18.0. The predicted octanol–water partition coefficient (Wildman–Crippen LogP) is 5.03. The number of fused-ring (bicyclic) bond motifs is 1. The third kappa shape index (κ3) is 5.61. The number of anilines is 2. The summed E-state index contributed by atoms with van der Waals surface area (Å²) >= 11 is 1.62. The molecule has 2 amide bonds. The van der Waals surface area contributed by atoms with Crippen molar-refractivity contribution in [1.29, 1.82) is 0 Å². The minimum Gasteiger partial charge on any atom is -0.452 e. The second kappa shape index (κ2) is 9.62. The molecule has 0 saturated heterocycles. The van der Waals surface area contributed by atoms with Crippen LogP contribution in [0, 0.1) is 6.92 Å². The molecule has 4 aromatic rings. The number of aromatic nitrogens is 1. The third-order valence-electron chi connectivity index (χ3n) is 4.71. The highest BCUT2D eigenvalue weighted by Gasteiger charge is 2.12. The Labute approximate surface area is 194 Å². The summed E-state index contributed by atoms with van der Waals surface area (Å²) < 4.78 is 6.22. The van der Waals surface area contributed by atoms with Gasteiger partial charge >= 0.3 is 5.97 Å². The van der Waals surface area contributed by atoms with Crippen LogP contribution in [0.3, 0.4) is 0 Å². The molecule has 0 aliphatic heterocycles. The number of hydrogen-bond acceptors (Lipinski definition) is 6. The number of rotatable bonds is 6. The summed E-state index contributed by atoms with van der Waals surface area (Å²) in [5.74, 6) is -1.35. The van der Waals surface area contributed by atoms with Crippen LogP contribution in [0.2, 0.25) is 0 Å². The summed E-state index contributed by atoms with van der Waals surface area (Å²) in [6.07, 6.45) is 0. The number of carbonyl (C=O) groups is 3. The molecule has 1 heterocycles. The number of nitrogens with zero attached hydrogens (tertiary/aromatic N) is 1. The van der Waals surface area contributed by atoms with Gasteiger partial charge in [0.25, 0.3) is 5.91 Å². The van der Waals surface area contributed by atoms with E-state index in [0.29, 0.717) is 11.4 Å². The number of amides is 2. The minimum atomic E-state index is -0.654. The normalized spacial score (nSPS) is 10.6. The van der Waals surface area contributed by atoms with Crippen molar-refractivity contribution in [2.24, 2.45) is 0 Å². The Morgan fingerprint density at radius 2 is 1.73 bits per heavy atom. The maximum absolute atomic E-state index is 12.2. The number of benzene rings is 3. The first-order valence-corrected chi connectivity index (χ1v) is 11.0. The molecule has 0 atom stereocenters. The van der Waals surface area contributed by atoms with Crippen molar-refractivity contribution < 1.29 is 19.1 Å². The van der Waals surface area contributed by atoms with Crippen LogP contribution in [-0.2, 0) is 14.3 Å². The van der Waals surface area contributed by atoms with Gasteiger partial charge < -0.3 is 15.4 Å². The van der Waals surface area contributed by atoms with E-state index in [-0.39, 0.29) is 11.5 Å². The van der Waals surface area contributed by atoms with E-state index in [0.717, 1.165) is 20.8 Å². The quantitative estimate of drug-likeness (QED) is 0.394. The average molecular weight is 460 g/mol. The van der Waals surface area contributed by atoms with E-state index in [4.69, 9.17) is 4.74 Å². The molecule has 33 heavy (non-hydrogen) atoms. The smallest absolute Gasteiger partial charge is 0.338 e. The molecule has 4 rings (SSSR count). The highest BCUT2D eigenvalue weighted by molar-refractivity contribution is 7.21. The van der Waals surface area contributed by atoms with Gasteiger partial charge in [-0.3, -0.25) is 9.59 Å². The first-order chi connectivity index (χ1) is 15.9. The van der Waals surface area contributed by atoms with Crippen molar-refractivity contribution in [2.75, 3.05) is 17.2 Å². The van der Waals surface area contributed by atoms with Crippen LogP contribution in [0.25, 0.3) is 20.8 Å². The Hall–Kier alpha value is -4.04. The van der Waals surface area contributed by atoms with Crippen molar-refractivity contribution in [3.8, 4) is 10.6 Å². The third-order valence-corrected chi connectivity index (χ3v) is 5.78. The summed E-state index contributed by atoms with van der Waals surface area (Å²) in [6.45, 7) is 3.00. The van der Waals surface area contributed by atoms with E-state index in [2.05, 4.69) is 28.6 Å².